The topological polar surface area (TPSA) is 118 Å². The van der Waals surface area contributed by atoms with Crippen LogP contribution in [-0.2, 0) is 14.4 Å². The summed E-state index contributed by atoms with van der Waals surface area (Å²) in [5.41, 5.74) is 4.65. The summed E-state index contributed by atoms with van der Waals surface area (Å²) in [5, 5.41) is 13.8. The Bertz CT molecular complexity index is 97.0. The van der Waals surface area contributed by atoms with Crippen LogP contribution in [0, 0.1) is 0 Å². The molecular formula is C5H11NO5. The van der Waals surface area contributed by atoms with Crippen molar-refractivity contribution in [1.29, 1.82) is 0 Å². The molecule has 0 heterocycles. The molecule has 1 amide bonds. The van der Waals surface area contributed by atoms with E-state index < -0.39 is 0 Å². The van der Waals surface area contributed by atoms with E-state index in [-0.39, 0.29) is 18.9 Å². The highest BCUT2D eigenvalue weighted by atomic mass is 16.3. The number of rotatable bonds is 1. The molecule has 0 atom stereocenters. The maximum atomic E-state index is 9.59. The molecule has 0 unspecified atom stereocenters. The molecule has 6 heteroatoms. The lowest BCUT2D eigenvalue weighted by molar-refractivity contribution is -0.123. The van der Waals surface area contributed by atoms with Crippen LogP contribution >= 0.6 is 0 Å². The molecule has 0 saturated carbocycles. The first-order chi connectivity index (χ1) is 5.10. The zero-order valence-corrected chi connectivity index (χ0v) is 6.06. The van der Waals surface area contributed by atoms with Crippen molar-refractivity contribution in [2.75, 3.05) is 0 Å². The van der Waals surface area contributed by atoms with E-state index >= 15 is 0 Å². The Balaban J connectivity index is -0.0000000933. The van der Waals surface area contributed by atoms with Crippen LogP contribution in [-0.4, -0.2) is 29.1 Å². The van der Waals surface area contributed by atoms with E-state index in [0.29, 0.717) is 6.42 Å². The van der Waals surface area contributed by atoms with Crippen LogP contribution in [0.4, 0.5) is 0 Å². The van der Waals surface area contributed by atoms with Crippen molar-refractivity contribution >= 4 is 18.9 Å². The molecule has 0 bridgehead atoms. The minimum atomic E-state index is -0.250. The van der Waals surface area contributed by atoms with Crippen LogP contribution in [0.5, 0.6) is 0 Å². The Morgan fingerprint density at radius 1 is 1.36 bits per heavy atom. The summed E-state index contributed by atoms with van der Waals surface area (Å²) in [5.74, 6) is -0.245. The molecule has 0 saturated heterocycles. The molecule has 0 spiro atoms. The average molecular weight is 165 g/mol. The first-order valence-electron chi connectivity index (χ1n) is 2.54. The van der Waals surface area contributed by atoms with Gasteiger partial charge < -0.3 is 15.9 Å². The van der Waals surface area contributed by atoms with Gasteiger partial charge in [-0.15, -0.1) is 0 Å². The van der Waals surface area contributed by atoms with E-state index in [1.54, 1.807) is 6.92 Å². The minimum Gasteiger partial charge on any atom is -0.483 e. The Labute approximate surface area is 63.6 Å². The molecule has 0 aliphatic carbocycles. The molecular weight excluding hydrogens is 154 g/mol. The monoisotopic (exact) mass is 165 g/mol. The summed E-state index contributed by atoms with van der Waals surface area (Å²) in [6.45, 7) is 1.22. The first kappa shape index (κ1) is 16.2. The quantitative estimate of drug-likeness (QED) is 0.443. The summed E-state index contributed by atoms with van der Waals surface area (Å²) in [7, 11) is 0. The maximum absolute atomic E-state index is 9.59. The molecule has 4 N–H and O–H groups in total. The number of primary amides is 1. The molecule has 0 radical (unpaired) electrons. The lowest BCUT2D eigenvalue weighted by Crippen LogP contribution is -2.06. The molecule has 0 rings (SSSR count). The van der Waals surface area contributed by atoms with Gasteiger partial charge in [-0.3, -0.25) is 14.4 Å². The smallest absolute Gasteiger partial charge is 0.290 e. The van der Waals surface area contributed by atoms with Crippen molar-refractivity contribution in [2.24, 2.45) is 5.73 Å². The minimum absolute atomic E-state index is 0.245. The fourth-order valence-corrected chi connectivity index (χ4v) is 0. The van der Waals surface area contributed by atoms with Crippen LogP contribution < -0.4 is 5.73 Å². The summed E-state index contributed by atoms with van der Waals surface area (Å²) >= 11 is 0. The number of nitrogens with two attached hydrogens (primary N) is 1. The van der Waals surface area contributed by atoms with E-state index in [2.05, 4.69) is 5.73 Å². The average Bonchev–Trinajstić information content (AvgIpc) is 1.91. The zero-order chi connectivity index (χ0) is 9.70. The number of carbonyl (C=O) groups excluding carboxylic acids is 1. The second-order valence-corrected chi connectivity index (χ2v) is 1.03. The Kier molecular flexibility index (Phi) is 35.0. The Hall–Kier alpha value is -1.59. The van der Waals surface area contributed by atoms with Gasteiger partial charge in [-0.1, -0.05) is 6.92 Å². The third-order valence-electron chi connectivity index (χ3n) is 0.348. The number of hydrogen-bond donors (Lipinski definition) is 3. The molecule has 0 aliphatic rings. The SMILES string of the molecule is CCC(N)=O.O=CO.O=CO. The maximum Gasteiger partial charge on any atom is 0.290 e. The summed E-state index contributed by atoms with van der Waals surface area (Å²) in [4.78, 5) is 26.3. The highest BCUT2D eigenvalue weighted by molar-refractivity contribution is 5.73. The highest BCUT2D eigenvalue weighted by Gasteiger charge is 1.77. The van der Waals surface area contributed by atoms with Gasteiger partial charge in [-0.25, -0.2) is 0 Å². The second-order valence-electron chi connectivity index (χ2n) is 1.03. The van der Waals surface area contributed by atoms with Gasteiger partial charge in [-0.05, 0) is 0 Å². The summed E-state index contributed by atoms with van der Waals surface area (Å²) in [6.07, 6.45) is 0.444. The summed E-state index contributed by atoms with van der Waals surface area (Å²) < 4.78 is 0. The fourth-order valence-electron chi connectivity index (χ4n) is 0. The van der Waals surface area contributed by atoms with E-state index in [9.17, 15) is 4.79 Å². The number of carbonyl (C=O) groups is 3. The van der Waals surface area contributed by atoms with Crippen LogP contribution in [0.2, 0.25) is 0 Å². The van der Waals surface area contributed by atoms with Gasteiger partial charge in [-0.2, -0.15) is 0 Å². The number of hydrogen-bond acceptors (Lipinski definition) is 3. The third-order valence-corrected chi connectivity index (χ3v) is 0.348. The molecule has 11 heavy (non-hydrogen) atoms. The van der Waals surface area contributed by atoms with Gasteiger partial charge in [0.05, 0.1) is 0 Å². The van der Waals surface area contributed by atoms with E-state index in [4.69, 9.17) is 19.8 Å². The van der Waals surface area contributed by atoms with Crippen molar-refractivity contribution in [3.8, 4) is 0 Å². The van der Waals surface area contributed by atoms with Crippen LogP contribution in [0.1, 0.15) is 13.3 Å². The van der Waals surface area contributed by atoms with Gasteiger partial charge in [0.25, 0.3) is 12.9 Å². The first-order valence-corrected chi connectivity index (χ1v) is 2.54. The normalized spacial score (nSPS) is 5.55. The number of amides is 1. The predicted molar refractivity (Wildman–Crippen MR) is 36.9 cm³/mol. The van der Waals surface area contributed by atoms with Crippen molar-refractivity contribution in [3.05, 3.63) is 0 Å². The molecule has 66 valence electrons. The van der Waals surface area contributed by atoms with E-state index in [0.717, 1.165) is 0 Å². The fraction of sp³-hybridized carbons (Fsp3) is 0.400. The van der Waals surface area contributed by atoms with Gasteiger partial charge in [0.1, 0.15) is 0 Å². The number of carboxylic acid groups (broad SMARTS) is 2. The van der Waals surface area contributed by atoms with Crippen molar-refractivity contribution in [2.45, 2.75) is 13.3 Å². The van der Waals surface area contributed by atoms with E-state index in [1.807, 2.05) is 0 Å². The standard InChI is InChI=1S/C3H7NO.2CH2O2/c1-2-3(4)5;2*2-1-3/h2H2,1H3,(H2,4,5);2*1H,(H,2,3). The summed E-state index contributed by atoms with van der Waals surface area (Å²) in [6, 6.07) is 0. The lowest BCUT2D eigenvalue weighted by atomic mass is 10.5. The zero-order valence-electron chi connectivity index (χ0n) is 6.06. The Morgan fingerprint density at radius 3 is 1.45 bits per heavy atom. The largest absolute Gasteiger partial charge is 0.483 e. The van der Waals surface area contributed by atoms with Crippen molar-refractivity contribution in [1.82, 2.24) is 0 Å². The van der Waals surface area contributed by atoms with Crippen LogP contribution in [0.25, 0.3) is 0 Å². The molecule has 0 aromatic rings. The lowest BCUT2D eigenvalue weighted by Gasteiger charge is -1.73. The van der Waals surface area contributed by atoms with E-state index in [1.165, 1.54) is 0 Å². The third kappa shape index (κ3) is 2060. The van der Waals surface area contributed by atoms with Gasteiger partial charge in [0.2, 0.25) is 5.91 Å². The molecule has 6 nitrogen and oxygen atoms in total. The van der Waals surface area contributed by atoms with Gasteiger partial charge in [0, 0.05) is 6.42 Å². The molecule has 0 aliphatic heterocycles. The predicted octanol–water partition coefficient (Wildman–Crippen LogP) is -0.717. The second kappa shape index (κ2) is 23.7. The van der Waals surface area contributed by atoms with Crippen molar-refractivity contribution in [3.63, 3.8) is 0 Å². The molecule has 0 aromatic carbocycles. The molecule has 0 aromatic heterocycles. The molecule has 0 fully saturated rings. The van der Waals surface area contributed by atoms with Crippen LogP contribution in [0.3, 0.4) is 0 Å². The van der Waals surface area contributed by atoms with Gasteiger partial charge in [0.15, 0.2) is 0 Å². The van der Waals surface area contributed by atoms with Crippen LogP contribution in [0.15, 0.2) is 0 Å². The highest BCUT2D eigenvalue weighted by Crippen LogP contribution is 1.63. The van der Waals surface area contributed by atoms with Gasteiger partial charge >= 0.3 is 0 Å². The Morgan fingerprint density at radius 2 is 1.45 bits per heavy atom. The van der Waals surface area contributed by atoms with Crippen molar-refractivity contribution < 1.29 is 24.6 Å².